The number of esters is 2. The molecule has 86 heavy (non-hydrogen) atoms. The standard InChI is InChI=1S/C76H130NO8P/c1-6-8-10-12-14-16-18-20-22-24-26-28-30-32-34-35-36-37-38-39-40-41-43-44-46-48-50-52-54-56-58-60-62-64-66-68-75(78)82-72-74(73-84-86(80,81)83-71-70-77(3,4)5)85-76(79)69-67-65-63-61-59-57-55-53-51-49-47-45-42-33-31-29-27-25-23-21-19-17-15-13-11-9-7-2/h8-11,14-17,20-23,26-29,32-34,42,47,49,74H,6-7,12-13,18-19,24-25,30-31,35-41,43-46,48,50-73H2,1-5H3/b10-8-,11-9-,16-14-,17-15-,22-20-,23-21-,28-26-,29-27-,34-32-,42-33-,49-47-. The molecule has 2 atom stereocenters. The maximum atomic E-state index is 12.9. The maximum absolute atomic E-state index is 12.9. The van der Waals surface area contributed by atoms with Crippen LogP contribution in [-0.2, 0) is 32.7 Å². The lowest BCUT2D eigenvalue weighted by molar-refractivity contribution is -0.870. The first kappa shape index (κ1) is 82.1. The third-order valence-electron chi connectivity index (χ3n) is 14.7. The predicted molar refractivity (Wildman–Crippen MR) is 369 cm³/mol. The third kappa shape index (κ3) is 69.3. The van der Waals surface area contributed by atoms with Crippen molar-refractivity contribution >= 4 is 19.8 Å². The fourth-order valence-corrected chi connectivity index (χ4v) is 10.1. The molecule has 0 heterocycles. The van der Waals surface area contributed by atoms with Crippen LogP contribution in [-0.4, -0.2) is 70.0 Å². The van der Waals surface area contributed by atoms with Gasteiger partial charge in [0.05, 0.1) is 27.7 Å². The summed E-state index contributed by atoms with van der Waals surface area (Å²) in [6.07, 6.45) is 95.3. The number of phosphoric ester groups is 1. The van der Waals surface area contributed by atoms with Gasteiger partial charge < -0.3 is 27.9 Å². The Bertz CT molecular complexity index is 1910. The van der Waals surface area contributed by atoms with Crippen LogP contribution >= 0.6 is 7.82 Å². The highest BCUT2D eigenvalue weighted by atomic mass is 31.2. The van der Waals surface area contributed by atoms with E-state index in [0.29, 0.717) is 17.4 Å². The van der Waals surface area contributed by atoms with Gasteiger partial charge in [0.1, 0.15) is 19.8 Å². The van der Waals surface area contributed by atoms with Crippen LogP contribution < -0.4 is 4.89 Å². The maximum Gasteiger partial charge on any atom is 0.306 e. The molecule has 0 saturated heterocycles. The van der Waals surface area contributed by atoms with Crippen molar-refractivity contribution in [1.82, 2.24) is 0 Å². The summed E-state index contributed by atoms with van der Waals surface area (Å²) in [4.78, 5) is 38.1. The van der Waals surface area contributed by atoms with Crippen LogP contribution in [0.15, 0.2) is 134 Å². The van der Waals surface area contributed by atoms with E-state index < -0.39 is 26.5 Å². The van der Waals surface area contributed by atoms with Crippen molar-refractivity contribution in [3.63, 3.8) is 0 Å². The molecule has 0 aromatic rings. The minimum absolute atomic E-state index is 0.0376. The highest BCUT2D eigenvalue weighted by Gasteiger charge is 2.22. The Morgan fingerprint density at radius 3 is 0.930 bits per heavy atom. The Balaban J connectivity index is 4.06. The van der Waals surface area contributed by atoms with Crippen LogP contribution in [0.5, 0.6) is 0 Å². The van der Waals surface area contributed by atoms with Crippen LogP contribution in [0.4, 0.5) is 0 Å². The molecule has 0 aromatic carbocycles. The van der Waals surface area contributed by atoms with Crippen LogP contribution in [0.25, 0.3) is 0 Å². The zero-order chi connectivity index (χ0) is 62.6. The first-order valence-electron chi connectivity index (χ1n) is 34.9. The van der Waals surface area contributed by atoms with Gasteiger partial charge in [-0.05, 0) is 109 Å². The fraction of sp³-hybridized carbons (Fsp3) is 0.684. The Hall–Kier alpha value is -3.85. The molecule has 9 nitrogen and oxygen atoms in total. The van der Waals surface area contributed by atoms with Gasteiger partial charge in [0.2, 0.25) is 0 Å². The molecule has 0 aliphatic heterocycles. The number of hydrogen-bond acceptors (Lipinski definition) is 8. The Kier molecular flexibility index (Phi) is 62.7. The molecule has 0 amide bonds. The average molecular weight is 1220 g/mol. The minimum atomic E-state index is -4.65. The second kappa shape index (κ2) is 65.6. The number of hydrogen-bond donors (Lipinski definition) is 0. The van der Waals surface area contributed by atoms with Crippen molar-refractivity contribution in [2.75, 3.05) is 47.5 Å². The molecular formula is C76H130NO8P. The Morgan fingerprint density at radius 2 is 0.628 bits per heavy atom. The number of ether oxygens (including phenoxy) is 2. The molecule has 0 fully saturated rings. The summed E-state index contributed by atoms with van der Waals surface area (Å²) in [5, 5.41) is 0. The van der Waals surface area contributed by atoms with E-state index in [1.54, 1.807) is 0 Å². The van der Waals surface area contributed by atoms with Crippen molar-refractivity contribution in [3.8, 4) is 0 Å². The number of nitrogens with zero attached hydrogens (tertiary/aromatic N) is 1. The van der Waals surface area contributed by atoms with E-state index in [2.05, 4.69) is 148 Å². The third-order valence-corrected chi connectivity index (χ3v) is 15.6. The quantitative estimate of drug-likeness (QED) is 0.0195. The number of carbonyl (C=O) groups excluding carboxylic acids is 2. The SMILES string of the molecule is CC/C=C\C/C=C\C/C=C\C/C=C\C/C=C\C/C=C\CCCCCCCCCCC(=O)OC(COC(=O)CCCCCCCCCCCCCCCCCCCCC/C=C\C/C=C\C/C=C\C/C=C\C/C=C\CC)COP(=O)([O-])OCC[N+](C)(C)C. The van der Waals surface area contributed by atoms with Crippen LogP contribution in [0.2, 0.25) is 0 Å². The van der Waals surface area contributed by atoms with Gasteiger partial charge in [-0.3, -0.25) is 14.2 Å². The second-order valence-corrected chi connectivity index (χ2v) is 25.5. The molecule has 0 radical (unpaired) electrons. The zero-order valence-corrected chi connectivity index (χ0v) is 56.9. The number of likely N-dealkylation sites (N-methyl/N-ethyl adjacent to an activating group) is 1. The van der Waals surface area contributed by atoms with E-state index in [4.69, 9.17) is 18.5 Å². The van der Waals surface area contributed by atoms with Crippen molar-refractivity contribution in [1.29, 1.82) is 0 Å². The fourth-order valence-electron chi connectivity index (χ4n) is 9.39. The van der Waals surface area contributed by atoms with Gasteiger partial charge in [0.15, 0.2) is 6.10 Å². The van der Waals surface area contributed by atoms with Gasteiger partial charge in [-0.2, -0.15) is 0 Å². The lowest BCUT2D eigenvalue weighted by Crippen LogP contribution is -2.37. The Morgan fingerprint density at radius 1 is 0.360 bits per heavy atom. The normalized spacial score (nSPS) is 14.0. The lowest BCUT2D eigenvalue weighted by Gasteiger charge is -2.28. The Labute approximate surface area is 530 Å². The largest absolute Gasteiger partial charge is 0.756 e. The number of rotatable bonds is 63. The summed E-state index contributed by atoms with van der Waals surface area (Å²) in [5.41, 5.74) is 0. The summed E-state index contributed by atoms with van der Waals surface area (Å²) in [6.45, 7) is 4.01. The average Bonchev–Trinajstić information content (AvgIpc) is 3.53. The van der Waals surface area contributed by atoms with Crippen LogP contribution in [0.1, 0.15) is 284 Å². The first-order valence-corrected chi connectivity index (χ1v) is 36.4. The number of allylic oxidation sites excluding steroid dienone is 22. The molecule has 0 aliphatic carbocycles. The molecule has 2 unspecified atom stereocenters. The minimum Gasteiger partial charge on any atom is -0.756 e. The summed E-state index contributed by atoms with van der Waals surface area (Å²) < 4.78 is 34.3. The summed E-state index contributed by atoms with van der Waals surface area (Å²) in [7, 11) is 1.15. The highest BCUT2D eigenvalue weighted by Crippen LogP contribution is 2.38. The molecule has 10 heteroatoms. The van der Waals surface area contributed by atoms with Gasteiger partial charge in [-0.15, -0.1) is 0 Å². The van der Waals surface area contributed by atoms with E-state index in [9.17, 15) is 19.0 Å². The van der Waals surface area contributed by atoms with Gasteiger partial charge in [0.25, 0.3) is 7.82 Å². The topological polar surface area (TPSA) is 111 Å². The van der Waals surface area contributed by atoms with E-state index in [1.165, 1.54) is 135 Å². The molecule has 0 bridgehead atoms. The summed E-state index contributed by atoms with van der Waals surface area (Å²) >= 11 is 0. The van der Waals surface area contributed by atoms with Gasteiger partial charge >= 0.3 is 11.9 Å². The first-order chi connectivity index (χ1) is 42.0. The van der Waals surface area contributed by atoms with Crippen LogP contribution in [0, 0.1) is 0 Å². The van der Waals surface area contributed by atoms with Gasteiger partial charge in [0, 0.05) is 12.8 Å². The van der Waals surface area contributed by atoms with E-state index in [1.807, 2.05) is 21.1 Å². The van der Waals surface area contributed by atoms with Gasteiger partial charge in [-0.1, -0.05) is 295 Å². The highest BCUT2D eigenvalue weighted by molar-refractivity contribution is 7.45. The summed E-state index contributed by atoms with van der Waals surface area (Å²) in [5.74, 6) is -0.841. The van der Waals surface area contributed by atoms with E-state index in [-0.39, 0.29) is 32.0 Å². The molecule has 0 aliphatic rings. The molecule has 0 N–H and O–H groups in total. The van der Waals surface area contributed by atoms with Gasteiger partial charge in [-0.25, -0.2) is 0 Å². The second-order valence-electron chi connectivity index (χ2n) is 24.1. The van der Waals surface area contributed by atoms with E-state index in [0.717, 1.165) is 116 Å². The number of phosphoric acid groups is 1. The number of quaternary nitrogens is 1. The molecular weight excluding hydrogens is 1090 g/mol. The molecule has 0 aromatic heterocycles. The van der Waals surface area contributed by atoms with Crippen molar-refractivity contribution in [2.24, 2.45) is 0 Å². The molecule has 0 rings (SSSR count). The number of carbonyl (C=O) groups is 2. The van der Waals surface area contributed by atoms with Crippen molar-refractivity contribution < 1.29 is 42.1 Å². The van der Waals surface area contributed by atoms with Crippen molar-refractivity contribution in [3.05, 3.63) is 134 Å². The number of unbranched alkanes of at least 4 members (excludes halogenated alkanes) is 27. The lowest BCUT2D eigenvalue weighted by atomic mass is 10.0. The predicted octanol–water partition coefficient (Wildman–Crippen LogP) is 22.2. The molecule has 492 valence electrons. The zero-order valence-electron chi connectivity index (χ0n) is 56.0. The molecule has 0 spiro atoms. The molecule has 0 saturated carbocycles. The van der Waals surface area contributed by atoms with Crippen LogP contribution in [0.3, 0.4) is 0 Å². The smallest absolute Gasteiger partial charge is 0.306 e. The van der Waals surface area contributed by atoms with E-state index >= 15 is 0 Å². The monoisotopic (exact) mass is 1220 g/mol. The van der Waals surface area contributed by atoms with Crippen molar-refractivity contribution in [2.45, 2.75) is 290 Å². The summed E-state index contributed by atoms with van der Waals surface area (Å²) in [6, 6.07) is 0.